The molecule has 0 bridgehead atoms. The van der Waals surface area contributed by atoms with E-state index in [1.165, 1.54) is 13.2 Å². The highest BCUT2D eigenvalue weighted by Gasteiger charge is 2.43. The molecule has 0 saturated carbocycles. The third-order valence-corrected chi connectivity index (χ3v) is 5.53. The van der Waals surface area contributed by atoms with Gasteiger partial charge in [0.05, 0.1) is 7.11 Å². The van der Waals surface area contributed by atoms with Gasteiger partial charge in [0, 0.05) is 25.0 Å². The molecule has 1 rings (SSSR count). The van der Waals surface area contributed by atoms with Gasteiger partial charge in [-0.05, 0) is 32.9 Å². The smallest absolute Gasteiger partial charge is 0.494 e. The van der Waals surface area contributed by atoms with Crippen molar-refractivity contribution < 1.29 is 22.4 Å². The zero-order valence-electron chi connectivity index (χ0n) is 11.9. The van der Waals surface area contributed by atoms with Gasteiger partial charge < -0.3 is 18.0 Å². The fourth-order valence-electron chi connectivity index (χ4n) is 1.80. The summed E-state index contributed by atoms with van der Waals surface area (Å²) in [7, 11) is -1.56. The van der Waals surface area contributed by atoms with Gasteiger partial charge in [0.1, 0.15) is 0 Å². The minimum Gasteiger partial charge on any atom is -0.494 e. The van der Waals surface area contributed by atoms with Crippen LogP contribution < -0.4 is 9.92 Å². The maximum atomic E-state index is 13.5. The maximum Gasteiger partial charge on any atom is 0.537 e. The summed E-state index contributed by atoms with van der Waals surface area (Å²) in [5.74, 6) is -0.257. The number of ether oxygens (including phenoxy) is 1. The molecule has 0 radical (unpaired) electrons. The summed E-state index contributed by atoms with van der Waals surface area (Å²) in [6.45, 7) is 7.02. The first kappa shape index (κ1) is 16.1. The van der Waals surface area contributed by atoms with Gasteiger partial charge in [0.15, 0.2) is 11.6 Å². The van der Waals surface area contributed by atoms with E-state index in [1.807, 2.05) is 20.8 Å². The summed E-state index contributed by atoms with van der Waals surface area (Å²) in [6.07, 6.45) is 0. The summed E-state index contributed by atoms with van der Waals surface area (Å²) in [6, 6.07) is 4.56. The Kier molecular flexibility index (Phi) is 6.43. The van der Waals surface area contributed by atoms with E-state index in [2.05, 4.69) is 0 Å². The second-order valence-corrected chi connectivity index (χ2v) is 6.26. The number of halogens is 1. The molecule has 1 aromatic carbocycles. The first-order valence-corrected chi connectivity index (χ1v) is 8.11. The Hall–Kier alpha value is -0.953. The number of rotatable bonds is 8. The Morgan fingerprint density at radius 2 is 1.53 bits per heavy atom. The Labute approximate surface area is 114 Å². The zero-order chi connectivity index (χ0) is 14.3. The molecule has 6 heteroatoms. The van der Waals surface area contributed by atoms with E-state index in [-0.39, 0.29) is 5.75 Å². The van der Waals surface area contributed by atoms with Crippen molar-refractivity contribution in [2.24, 2.45) is 0 Å². The summed E-state index contributed by atoms with van der Waals surface area (Å²) in [5.41, 5.74) is 0. The Bertz CT molecular complexity index is 383. The average molecular weight is 288 g/mol. The normalized spacial score (nSPS) is 11.6. The summed E-state index contributed by atoms with van der Waals surface area (Å²) < 4.78 is 35.7. The molecule has 0 spiro atoms. The molecular weight excluding hydrogens is 267 g/mol. The second kappa shape index (κ2) is 7.59. The van der Waals surface area contributed by atoms with Gasteiger partial charge in [-0.25, -0.2) is 4.39 Å². The highest BCUT2D eigenvalue weighted by molar-refractivity contribution is 6.75. The minimum absolute atomic E-state index is 0.161. The lowest BCUT2D eigenvalue weighted by Gasteiger charge is -2.28. The SMILES string of the molecule is CCO[Si](OCC)(OCC)c1ccc(F)c(OC)c1. The van der Waals surface area contributed by atoms with Crippen LogP contribution in [-0.2, 0) is 13.3 Å². The standard InChI is InChI=1S/C13H21FO4Si/c1-5-16-19(17-6-2,18-7-3)11-8-9-12(14)13(10-11)15-4/h8-10H,5-7H2,1-4H3. The van der Waals surface area contributed by atoms with Gasteiger partial charge in [0.25, 0.3) is 0 Å². The lowest BCUT2D eigenvalue weighted by Crippen LogP contribution is -2.56. The van der Waals surface area contributed by atoms with Crippen LogP contribution in [0.2, 0.25) is 0 Å². The van der Waals surface area contributed by atoms with E-state index in [9.17, 15) is 4.39 Å². The molecule has 0 atom stereocenters. The molecule has 0 aromatic heterocycles. The lowest BCUT2D eigenvalue weighted by atomic mass is 10.3. The molecule has 0 heterocycles. The third-order valence-electron chi connectivity index (χ3n) is 2.51. The monoisotopic (exact) mass is 288 g/mol. The van der Waals surface area contributed by atoms with Crippen LogP contribution in [0.25, 0.3) is 0 Å². The molecular formula is C13H21FO4Si. The Balaban J connectivity index is 3.21. The van der Waals surface area contributed by atoms with Gasteiger partial charge in [-0.1, -0.05) is 6.07 Å². The lowest BCUT2D eigenvalue weighted by molar-refractivity contribution is 0.0858. The second-order valence-electron chi connectivity index (χ2n) is 3.70. The van der Waals surface area contributed by atoms with Crippen LogP contribution in [0.15, 0.2) is 18.2 Å². The van der Waals surface area contributed by atoms with Crippen molar-refractivity contribution in [3.05, 3.63) is 24.0 Å². The molecule has 0 aliphatic heterocycles. The van der Waals surface area contributed by atoms with E-state index in [1.54, 1.807) is 12.1 Å². The molecule has 108 valence electrons. The van der Waals surface area contributed by atoms with Gasteiger partial charge in [0.2, 0.25) is 0 Å². The number of hydrogen-bond donors (Lipinski definition) is 0. The van der Waals surface area contributed by atoms with Gasteiger partial charge in [-0.2, -0.15) is 0 Å². The molecule has 0 fully saturated rings. The third kappa shape index (κ3) is 3.76. The zero-order valence-corrected chi connectivity index (χ0v) is 12.9. The van der Waals surface area contributed by atoms with Gasteiger partial charge >= 0.3 is 8.80 Å². The van der Waals surface area contributed by atoms with Crippen molar-refractivity contribution in [2.45, 2.75) is 20.8 Å². The predicted molar refractivity (Wildman–Crippen MR) is 73.2 cm³/mol. The van der Waals surface area contributed by atoms with Crippen LogP contribution in [-0.4, -0.2) is 35.7 Å². The fourth-order valence-corrected chi connectivity index (χ4v) is 4.28. The molecule has 0 saturated heterocycles. The van der Waals surface area contributed by atoms with Crippen LogP contribution >= 0.6 is 0 Å². The number of methoxy groups -OCH3 is 1. The molecule has 0 unspecified atom stereocenters. The summed E-state index contributed by atoms with van der Waals surface area (Å²) in [5, 5.41) is 0.705. The molecule has 1 aromatic rings. The molecule has 0 amide bonds. The average Bonchev–Trinajstić information content (AvgIpc) is 2.40. The van der Waals surface area contributed by atoms with Crippen molar-refractivity contribution in [1.29, 1.82) is 0 Å². The fraction of sp³-hybridized carbons (Fsp3) is 0.538. The maximum absolute atomic E-state index is 13.5. The molecule has 0 aliphatic carbocycles. The van der Waals surface area contributed by atoms with E-state index >= 15 is 0 Å². The van der Waals surface area contributed by atoms with Crippen LogP contribution in [0.5, 0.6) is 5.75 Å². The van der Waals surface area contributed by atoms with Crippen molar-refractivity contribution >= 4 is 14.0 Å². The first-order valence-electron chi connectivity index (χ1n) is 6.39. The van der Waals surface area contributed by atoms with Crippen LogP contribution in [0.1, 0.15) is 20.8 Å². The van der Waals surface area contributed by atoms with Gasteiger partial charge in [-0.3, -0.25) is 0 Å². The topological polar surface area (TPSA) is 36.9 Å². The molecule has 0 aliphatic rings. The molecule has 19 heavy (non-hydrogen) atoms. The van der Waals surface area contributed by atoms with E-state index in [0.717, 1.165) is 0 Å². The minimum atomic E-state index is -2.99. The van der Waals surface area contributed by atoms with Crippen molar-refractivity contribution in [3.63, 3.8) is 0 Å². The summed E-state index contributed by atoms with van der Waals surface area (Å²) >= 11 is 0. The van der Waals surface area contributed by atoms with E-state index < -0.39 is 14.6 Å². The molecule has 4 nitrogen and oxygen atoms in total. The van der Waals surface area contributed by atoms with E-state index in [4.69, 9.17) is 18.0 Å². The van der Waals surface area contributed by atoms with Crippen molar-refractivity contribution in [2.75, 3.05) is 26.9 Å². The highest BCUT2D eigenvalue weighted by atomic mass is 28.4. The van der Waals surface area contributed by atoms with Crippen LogP contribution in [0, 0.1) is 5.82 Å². The Morgan fingerprint density at radius 1 is 1.00 bits per heavy atom. The van der Waals surface area contributed by atoms with Crippen molar-refractivity contribution in [1.82, 2.24) is 0 Å². The van der Waals surface area contributed by atoms with Crippen LogP contribution in [0.3, 0.4) is 0 Å². The number of benzene rings is 1. The predicted octanol–water partition coefficient (Wildman–Crippen LogP) is 2.09. The summed E-state index contributed by atoms with van der Waals surface area (Å²) in [4.78, 5) is 0. The largest absolute Gasteiger partial charge is 0.537 e. The first-order chi connectivity index (χ1) is 9.13. The van der Waals surface area contributed by atoms with E-state index in [0.29, 0.717) is 25.0 Å². The van der Waals surface area contributed by atoms with Crippen LogP contribution in [0.4, 0.5) is 4.39 Å². The van der Waals surface area contributed by atoms with Crippen molar-refractivity contribution in [3.8, 4) is 5.75 Å². The Morgan fingerprint density at radius 3 is 1.95 bits per heavy atom. The molecule has 0 N–H and O–H groups in total. The highest BCUT2D eigenvalue weighted by Crippen LogP contribution is 2.18. The number of hydrogen-bond acceptors (Lipinski definition) is 4. The quantitative estimate of drug-likeness (QED) is 0.686. The van der Waals surface area contributed by atoms with Gasteiger partial charge in [-0.15, -0.1) is 0 Å².